The first-order valence-electron chi connectivity index (χ1n) is 20.7. The summed E-state index contributed by atoms with van der Waals surface area (Å²) in [6, 6.07) is -0.858. The van der Waals surface area contributed by atoms with Crippen molar-refractivity contribution in [3.8, 4) is 0 Å². The van der Waals surface area contributed by atoms with Gasteiger partial charge < -0.3 is 35.2 Å². The number of carbonyl (C=O) groups is 1. The molecule has 1 amide bonds. The number of carbonyl (C=O) groups excluding carboxylic acids is 1. The van der Waals surface area contributed by atoms with Gasteiger partial charge in [0.05, 0.1) is 25.4 Å². The van der Waals surface area contributed by atoms with Crippen molar-refractivity contribution < 1.29 is 51.8 Å². The summed E-state index contributed by atoms with van der Waals surface area (Å²) in [5.41, 5.74) is 0. The second kappa shape index (κ2) is 31.7. The van der Waals surface area contributed by atoms with Gasteiger partial charge in [-0.3, -0.25) is 9.35 Å². The lowest BCUT2D eigenvalue weighted by Gasteiger charge is -2.41. The zero-order valence-corrected chi connectivity index (χ0v) is 33.6. The van der Waals surface area contributed by atoms with Crippen LogP contribution in [0.3, 0.4) is 0 Å². The van der Waals surface area contributed by atoms with Crippen LogP contribution < -0.4 is 5.32 Å². The van der Waals surface area contributed by atoms with E-state index < -0.39 is 59.9 Å². The van der Waals surface area contributed by atoms with Crippen molar-refractivity contribution in [2.45, 2.75) is 211 Å². The Morgan fingerprint density at radius 1 is 0.755 bits per heavy atom. The Kier molecular flexibility index (Phi) is 29.7. The number of aliphatic hydroxyl groups excluding tert-OH is 4. The molecule has 0 aromatic rings. The summed E-state index contributed by atoms with van der Waals surface area (Å²) in [6.07, 6.45) is 24.8. The van der Waals surface area contributed by atoms with Crippen molar-refractivity contribution in [2.24, 2.45) is 0 Å². The van der Waals surface area contributed by atoms with Gasteiger partial charge in [0.1, 0.15) is 24.4 Å². The molecule has 0 aliphatic carbocycles. The van der Waals surface area contributed by atoms with Crippen LogP contribution >= 0.6 is 0 Å². The van der Waals surface area contributed by atoms with Gasteiger partial charge in [-0.15, -0.1) is 0 Å². The Morgan fingerprint density at radius 3 is 1.83 bits per heavy atom. The third-order valence-corrected chi connectivity index (χ3v) is 10.2. The van der Waals surface area contributed by atoms with Crippen LogP contribution in [-0.2, 0) is 28.9 Å². The number of ether oxygens (including phenoxy) is 2. The smallest absolute Gasteiger partial charge is 0.394 e. The first-order chi connectivity index (χ1) is 25.5. The first-order valence-corrected chi connectivity index (χ1v) is 22.1. The molecule has 7 atom stereocenters. The fraction of sp³-hybridized carbons (Fsp3) is 0.875. The summed E-state index contributed by atoms with van der Waals surface area (Å²) < 4.78 is 47.4. The van der Waals surface area contributed by atoms with E-state index in [2.05, 4.69) is 47.7 Å². The lowest BCUT2D eigenvalue weighted by Crippen LogP contribution is -2.61. The van der Waals surface area contributed by atoms with Crippen LogP contribution in [0.25, 0.3) is 0 Å². The van der Waals surface area contributed by atoms with Gasteiger partial charge >= 0.3 is 10.4 Å². The third-order valence-electron chi connectivity index (χ3n) is 9.76. The van der Waals surface area contributed by atoms with Crippen molar-refractivity contribution in [3.63, 3.8) is 0 Å². The van der Waals surface area contributed by atoms with Gasteiger partial charge in [0.15, 0.2) is 6.29 Å². The minimum Gasteiger partial charge on any atom is -0.394 e. The molecule has 1 rings (SSSR count). The number of allylic oxidation sites excluding steroid dienone is 4. The Balaban J connectivity index is 2.52. The number of rotatable bonds is 34. The average molecular weight is 778 g/mol. The van der Waals surface area contributed by atoms with Crippen molar-refractivity contribution in [1.82, 2.24) is 5.32 Å². The second-order valence-corrected chi connectivity index (χ2v) is 15.6. The average Bonchev–Trinajstić information content (AvgIpc) is 3.12. The van der Waals surface area contributed by atoms with Gasteiger partial charge in [0, 0.05) is 6.42 Å². The Morgan fingerprint density at radius 2 is 1.26 bits per heavy atom. The van der Waals surface area contributed by atoms with Crippen LogP contribution in [0, 0.1) is 0 Å². The summed E-state index contributed by atoms with van der Waals surface area (Å²) in [5.74, 6) is -0.242. The highest BCUT2D eigenvalue weighted by molar-refractivity contribution is 7.80. The molecule has 53 heavy (non-hydrogen) atoms. The van der Waals surface area contributed by atoms with Crippen molar-refractivity contribution in [3.05, 3.63) is 24.3 Å². The van der Waals surface area contributed by atoms with Gasteiger partial charge in [-0.1, -0.05) is 141 Å². The molecule has 7 unspecified atom stereocenters. The fourth-order valence-electron chi connectivity index (χ4n) is 6.49. The molecule has 12 nitrogen and oxygen atoms in total. The SMILES string of the molecule is CCCCC/C=C\C/C=C\CCCCCCCCCC(=O)NC(COC1OC(CO)C(O)C(OS(=O)(=O)O)C1O)C(O)CCCCCCCCCCC. The van der Waals surface area contributed by atoms with E-state index in [1.165, 1.54) is 77.0 Å². The first kappa shape index (κ1) is 49.6. The summed E-state index contributed by atoms with van der Waals surface area (Å²) >= 11 is 0. The van der Waals surface area contributed by atoms with Crippen LogP contribution in [0.1, 0.15) is 168 Å². The van der Waals surface area contributed by atoms with Crippen LogP contribution in [-0.4, -0.2) is 95.4 Å². The molecule has 0 radical (unpaired) electrons. The maximum Gasteiger partial charge on any atom is 0.397 e. The highest BCUT2D eigenvalue weighted by Gasteiger charge is 2.48. The Labute approximate surface area is 321 Å². The van der Waals surface area contributed by atoms with Crippen LogP contribution in [0.5, 0.6) is 0 Å². The highest BCUT2D eigenvalue weighted by Crippen LogP contribution is 2.26. The molecule has 1 fully saturated rings. The Hall–Kier alpha value is -1.42. The summed E-state index contributed by atoms with van der Waals surface area (Å²) in [6.45, 7) is 3.36. The molecule has 13 heteroatoms. The Bertz CT molecular complexity index is 1060. The molecule has 0 aromatic heterocycles. The van der Waals surface area contributed by atoms with Gasteiger partial charge in [-0.2, -0.15) is 8.42 Å². The summed E-state index contributed by atoms with van der Waals surface area (Å²) in [4.78, 5) is 13.0. The minimum atomic E-state index is -5.07. The molecular formula is C40H75NO11S. The molecule has 0 aromatic carbocycles. The number of amides is 1. The maximum absolute atomic E-state index is 13.0. The van der Waals surface area contributed by atoms with Crippen molar-refractivity contribution >= 4 is 16.3 Å². The summed E-state index contributed by atoms with van der Waals surface area (Å²) in [7, 11) is -5.07. The molecule has 0 spiro atoms. The molecule has 312 valence electrons. The van der Waals surface area contributed by atoms with E-state index in [-0.39, 0.29) is 18.9 Å². The highest BCUT2D eigenvalue weighted by atomic mass is 32.3. The minimum absolute atomic E-state index is 0.242. The molecule has 0 bridgehead atoms. The summed E-state index contributed by atoms with van der Waals surface area (Å²) in [5, 5.41) is 44.6. The maximum atomic E-state index is 13.0. The molecule has 1 aliphatic heterocycles. The number of aliphatic hydroxyl groups is 4. The molecule has 6 N–H and O–H groups in total. The van der Waals surface area contributed by atoms with Gasteiger partial charge in [-0.25, -0.2) is 4.18 Å². The normalized spacial score (nSPS) is 22.1. The molecule has 0 saturated carbocycles. The van der Waals surface area contributed by atoms with E-state index in [0.717, 1.165) is 57.8 Å². The number of unbranched alkanes of at least 4 members (excludes halogenated alkanes) is 18. The van der Waals surface area contributed by atoms with Gasteiger partial charge in [-0.05, 0) is 44.9 Å². The predicted octanol–water partition coefficient (Wildman–Crippen LogP) is 6.99. The van der Waals surface area contributed by atoms with Crippen molar-refractivity contribution in [2.75, 3.05) is 13.2 Å². The van der Waals surface area contributed by atoms with E-state index >= 15 is 0 Å². The zero-order chi connectivity index (χ0) is 39.2. The lowest BCUT2D eigenvalue weighted by atomic mass is 9.99. The van der Waals surface area contributed by atoms with E-state index in [1.54, 1.807) is 0 Å². The predicted molar refractivity (Wildman–Crippen MR) is 209 cm³/mol. The largest absolute Gasteiger partial charge is 0.397 e. The fourth-order valence-corrected chi connectivity index (χ4v) is 7.00. The van der Waals surface area contributed by atoms with Gasteiger partial charge in [0.2, 0.25) is 5.91 Å². The van der Waals surface area contributed by atoms with E-state index in [1.807, 2.05) is 0 Å². The van der Waals surface area contributed by atoms with E-state index in [0.29, 0.717) is 12.8 Å². The lowest BCUT2D eigenvalue weighted by molar-refractivity contribution is -0.298. The quantitative estimate of drug-likeness (QED) is 0.0224. The van der Waals surface area contributed by atoms with Crippen molar-refractivity contribution in [1.29, 1.82) is 0 Å². The molecule has 1 aliphatic rings. The molecule has 1 heterocycles. The monoisotopic (exact) mass is 778 g/mol. The third kappa shape index (κ3) is 25.4. The zero-order valence-electron chi connectivity index (χ0n) is 32.8. The van der Waals surface area contributed by atoms with Crippen LogP contribution in [0.2, 0.25) is 0 Å². The number of nitrogens with one attached hydrogen (secondary N) is 1. The van der Waals surface area contributed by atoms with E-state index in [4.69, 9.17) is 14.0 Å². The molecular weight excluding hydrogens is 703 g/mol. The topological polar surface area (TPSA) is 192 Å². The second-order valence-electron chi connectivity index (χ2n) is 14.6. The van der Waals surface area contributed by atoms with Gasteiger partial charge in [0.25, 0.3) is 0 Å². The molecule has 1 saturated heterocycles. The standard InChI is InChI=1S/C40H75NO11S/c1-3-5-7-9-11-13-14-15-16-17-18-19-20-22-24-26-28-30-36(44)41-33(34(43)29-27-25-23-21-12-10-8-6-4-2)32-50-40-38(46)39(52-53(47,48)49)37(45)35(31-42)51-40/h11,13,15-16,33-35,37-40,42-43,45-46H,3-10,12,14,17-32H2,1-2H3,(H,41,44)(H,47,48,49)/b13-11-,16-15-. The van der Waals surface area contributed by atoms with E-state index in [9.17, 15) is 33.6 Å². The van der Waals surface area contributed by atoms with Crippen LogP contribution in [0.15, 0.2) is 24.3 Å². The van der Waals surface area contributed by atoms with Crippen LogP contribution in [0.4, 0.5) is 0 Å². The number of hydrogen-bond donors (Lipinski definition) is 6. The number of hydrogen-bond acceptors (Lipinski definition) is 10.